The zero-order valence-corrected chi connectivity index (χ0v) is 10.7. The lowest BCUT2D eigenvalue weighted by atomic mass is 9.86. The van der Waals surface area contributed by atoms with Crippen LogP contribution < -0.4 is 5.73 Å². The molecule has 1 rings (SSSR count). The molecule has 0 spiro atoms. The highest BCUT2D eigenvalue weighted by atomic mass is 14.6. The lowest BCUT2D eigenvalue weighted by molar-refractivity contribution is 0.588. The molecule has 0 heterocycles. The Labute approximate surface area is 99.4 Å². The first-order valence-corrected chi connectivity index (χ1v) is 5.92. The second-order valence-corrected chi connectivity index (χ2v) is 5.34. The minimum atomic E-state index is 0.131. The molecule has 1 aromatic carbocycles. The third kappa shape index (κ3) is 3.49. The maximum atomic E-state index is 6.09. The maximum Gasteiger partial charge on any atom is 0.0297 e. The molecule has 0 fully saturated rings. The second kappa shape index (κ2) is 5.31. The first-order chi connectivity index (χ1) is 7.45. The molecule has 0 aliphatic heterocycles. The van der Waals surface area contributed by atoms with Gasteiger partial charge in [0, 0.05) is 6.04 Å². The van der Waals surface area contributed by atoms with Gasteiger partial charge in [0.25, 0.3) is 0 Å². The fourth-order valence-corrected chi connectivity index (χ4v) is 1.69. The molecule has 0 bridgehead atoms. The molecule has 16 heavy (non-hydrogen) atoms. The summed E-state index contributed by atoms with van der Waals surface area (Å²) in [5, 5.41) is 0. The van der Waals surface area contributed by atoms with Gasteiger partial charge in [-0.2, -0.15) is 0 Å². The van der Waals surface area contributed by atoms with Crippen molar-refractivity contribution in [3.63, 3.8) is 0 Å². The molecular weight excluding hydrogens is 194 g/mol. The Kier molecular flexibility index (Phi) is 4.31. The van der Waals surface area contributed by atoms with Crippen molar-refractivity contribution in [2.24, 2.45) is 5.73 Å². The van der Waals surface area contributed by atoms with E-state index in [0.29, 0.717) is 0 Å². The van der Waals surface area contributed by atoms with Crippen LogP contribution in [0.5, 0.6) is 0 Å². The summed E-state index contributed by atoms with van der Waals surface area (Å²) in [5.41, 5.74) is 8.88. The van der Waals surface area contributed by atoms with Gasteiger partial charge in [-0.25, -0.2) is 0 Å². The van der Waals surface area contributed by atoms with E-state index in [0.717, 1.165) is 12.8 Å². The van der Waals surface area contributed by atoms with E-state index in [1.54, 1.807) is 0 Å². The number of rotatable bonds is 4. The normalized spacial score (nSPS) is 13.5. The zero-order chi connectivity index (χ0) is 12.2. The Morgan fingerprint density at radius 2 is 1.81 bits per heavy atom. The summed E-state index contributed by atoms with van der Waals surface area (Å²) in [5.74, 6) is 0. The quantitative estimate of drug-likeness (QED) is 0.759. The van der Waals surface area contributed by atoms with E-state index in [1.165, 1.54) is 11.1 Å². The van der Waals surface area contributed by atoms with Crippen molar-refractivity contribution < 1.29 is 0 Å². The first-order valence-electron chi connectivity index (χ1n) is 5.92. The van der Waals surface area contributed by atoms with Crippen molar-refractivity contribution in [2.45, 2.75) is 45.1 Å². The van der Waals surface area contributed by atoms with Gasteiger partial charge >= 0.3 is 0 Å². The number of hydrogen-bond donors (Lipinski definition) is 1. The second-order valence-electron chi connectivity index (χ2n) is 5.34. The maximum absolute atomic E-state index is 6.09. The minimum Gasteiger partial charge on any atom is -0.324 e. The van der Waals surface area contributed by atoms with E-state index in [-0.39, 0.29) is 11.5 Å². The van der Waals surface area contributed by atoms with Crippen LogP contribution in [0, 0.1) is 0 Å². The van der Waals surface area contributed by atoms with E-state index >= 15 is 0 Å². The molecule has 0 aliphatic carbocycles. The zero-order valence-electron chi connectivity index (χ0n) is 10.7. The third-order valence-electron chi connectivity index (χ3n) is 2.89. The smallest absolute Gasteiger partial charge is 0.0297 e. The number of benzene rings is 1. The van der Waals surface area contributed by atoms with Crippen LogP contribution in [0.2, 0.25) is 0 Å². The van der Waals surface area contributed by atoms with E-state index in [9.17, 15) is 0 Å². The van der Waals surface area contributed by atoms with Crippen molar-refractivity contribution in [3.05, 3.63) is 48.0 Å². The predicted octanol–water partition coefficient (Wildman–Crippen LogP) is 3.95. The molecule has 1 heteroatoms. The van der Waals surface area contributed by atoms with Crippen molar-refractivity contribution in [3.8, 4) is 0 Å². The minimum absolute atomic E-state index is 0.131. The highest BCUT2D eigenvalue weighted by molar-refractivity contribution is 5.29. The number of allylic oxidation sites excluding steroid dienone is 1. The van der Waals surface area contributed by atoms with Crippen LogP contribution in [-0.4, -0.2) is 0 Å². The Balaban J connectivity index is 2.74. The van der Waals surface area contributed by atoms with Gasteiger partial charge in [-0.3, -0.25) is 0 Å². The van der Waals surface area contributed by atoms with Crippen LogP contribution in [0.3, 0.4) is 0 Å². The molecule has 0 amide bonds. The van der Waals surface area contributed by atoms with Gasteiger partial charge < -0.3 is 5.73 Å². The standard InChI is InChI=1S/C15H23N/c1-5-6-7-14(16)12-8-10-13(11-9-12)15(2,3)4/h5,8-11,14H,1,6-7,16H2,2-4H3/t14-/m0/s1. The van der Waals surface area contributed by atoms with Crippen molar-refractivity contribution in [1.82, 2.24) is 0 Å². The Morgan fingerprint density at radius 3 is 2.25 bits per heavy atom. The fourth-order valence-electron chi connectivity index (χ4n) is 1.69. The molecular formula is C15H23N. The summed E-state index contributed by atoms with van der Waals surface area (Å²) in [7, 11) is 0. The molecule has 0 aliphatic rings. The Morgan fingerprint density at radius 1 is 1.25 bits per heavy atom. The summed E-state index contributed by atoms with van der Waals surface area (Å²) < 4.78 is 0. The molecule has 0 radical (unpaired) electrons. The molecule has 0 unspecified atom stereocenters. The summed E-state index contributed by atoms with van der Waals surface area (Å²) in [6, 6.07) is 8.79. The van der Waals surface area contributed by atoms with Gasteiger partial charge in [0.2, 0.25) is 0 Å². The molecule has 1 atom stereocenters. The van der Waals surface area contributed by atoms with Crippen LogP contribution in [-0.2, 0) is 5.41 Å². The summed E-state index contributed by atoms with van der Waals surface area (Å²) >= 11 is 0. The van der Waals surface area contributed by atoms with E-state index in [2.05, 4.69) is 51.6 Å². The van der Waals surface area contributed by atoms with Gasteiger partial charge in [0.15, 0.2) is 0 Å². The third-order valence-corrected chi connectivity index (χ3v) is 2.89. The molecule has 0 saturated heterocycles. The van der Waals surface area contributed by atoms with E-state index in [4.69, 9.17) is 5.73 Å². The lowest BCUT2D eigenvalue weighted by Crippen LogP contribution is -2.13. The van der Waals surface area contributed by atoms with Gasteiger partial charge in [-0.1, -0.05) is 51.1 Å². The number of hydrogen-bond acceptors (Lipinski definition) is 1. The average molecular weight is 217 g/mol. The summed E-state index contributed by atoms with van der Waals surface area (Å²) in [6.07, 6.45) is 3.87. The average Bonchev–Trinajstić information content (AvgIpc) is 2.25. The molecule has 1 nitrogen and oxygen atoms in total. The van der Waals surface area contributed by atoms with Crippen LogP contribution in [0.15, 0.2) is 36.9 Å². The van der Waals surface area contributed by atoms with Crippen molar-refractivity contribution in [2.75, 3.05) is 0 Å². The topological polar surface area (TPSA) is 26.0 Å². The van der Waals surface area contributed by atoms with Crippen molar-refractivity contribution in [1.29, 1.82) is 0 Å². The van der Waals surface area contributed by atoms with E-state index < -0.39 is 0 Å². The fraction of sp³-hybridized carbons (Fsp3) is 0.467. The highest BCUT2D eigenvalue weighted by Crippen LogP contribution is 2.24. The van der Waals surface area contributed by atoms with Crippen LogP contribution >= 0.6 is 0 Å². The molecule has 0 aromatic heterocycles. The first kappa shape index (κ1) is 13.0. The van der Waals surface area contributed by atoms with E-state index in [1.807, 2.05) is 6.08 Å². The predicted molar refractivity (Wildman–Crippen MR) is 71.5 cm³/mol. The molecule has 1 aromatic rings. The lowest BCUT2D eigenvalue weighted by Gasteiger charge is -2.20. The van der Waals surface area contributed by atoms with Crippen LogP contribution in [0.1, 0.15) is 50.8 Å². The van der Waals surface area contributed by atoms with Gasteiger partial charge in [-0.15, -0.1) is 6.58 Å². The molecule has 0 saturated carbocycles. The highest BCUT2D eigenvalue weighted by Gasteiger charge is 2.13. The molecule has 2 N–H and O–H groups in total. The van der Waals surface area contributed by atoms with Crippen molar-refractivity contribution >= 4 is 0 Å². The SMILES string of the molecule is C=CCC[C@H](N)c1ccc(C(C)(C)C)cc1. The summed E-state index contributed by atoms with van der Waals surface area (Å²) in [6.45, 7) is 10.4. The van der Waals surface area contributed by atoms with Gasteiger partial charge in [-0.05, 0) is 29.4 Å². The number of nitrogens with two attached hydrogens (primary N) is 1. The Bertz CT molecular complexity index is 329. The van der Waals surface area contributed by atoms with Crippen LogP contribution in [0.4, 0.5) is 0 Å². The summed E-state index contributed by atoms with van der Waals surface area (Å²) in [4.78, 5) is 0. The molecule has 88 valence electrons. The Hall–Kier alpha value is -1.08. The van der Waals surface area contributed by atoms with Gasteiger partial charge in [0.1, 0.15) is 0 Å². The monoisotopic (exact) mass is 217 g/mol. The largest absolute Gasteiger partial charge is 0.324 e. The van der Waals surface area contributed by atoms with Gasteiger partial charge in [0.05, 0.1) is 0 Å². The van der Waals surface area contributed by atoms with Crippen LogP contribution in [0.25, 0.3) is 0 Å².